The summed E-state index contributed by atoms with van der Waals surface area (Å²) in [6, 6.07) is 7.77. The van der Waals surface area contributed by atoms with Crippen LogP contribution in [0, 0.1) is 0 Å². The van der Waals surface area contributed by atoms with Gasteiger partial charge in [-0.15, -0.1) is 10.9 Å². The fourth-order valence-corrected chi connectivity index (χ4v) is 3.05. The molecule has 0 radical (unpaired) electrons. The van der Waals surface area contributed by atoms with Crippen LogP contribution in [-0.4, -0.2) is 12.1 Å². The Morgan fingerprint density at radius 1 is 1.11 bits per heavy atom. The van der Waals surface area contributed by atoms with Gasteiger partial charge in [-0.05, 0) is 35.1 Å². The molecule has 1 aromatic heterocycles. The molecular formula is C14H13NO2S. The molecule has 1 aliphatic heterocycles. The van der Waals surface area contributed by atoms with Crippen molar-refractivity contribution in [1.29, 1.82) is 0 Å². The van der Waals surface area contributed by atoms with Crippen LogP contribution in [0.25, 0.3) is 11.3 Å². The molecule has 0 N–H and O–H groups in total. The van der Waals surface area contributed by atoms with Crippen molar-refractivity contribution in [2.45, 2.75) is 5.22 Å². The SMILES string of the molecule is COc1ccc(-c2cnc([SH]3C=CC=C3)o2)cc1. The molecule has 1 aliphatic rings. The summed E-state index contributed by atoms with van der Waals surface area (Å²) in [6.45, 7) is 0. The summed E-state index contributed by atoms with van der Waals surface area (Å²) >= 11 is 0. The predicted octanol–water partition coefficient (Wildman–Crippen LogP) is 3.75. The van der Waals surface area contributed by atoms with Crippen LogP contribution in [0.1, 0.15) is 0 Å². The normalized spacial score (nSPS) is 15.3. The van der Waals surface area contributed by atoms with Crippen LogP contribution in [0.5, 0.6) is 5.75 Å². The number of thiol groups is 1. The molecule has 0 fully saturated rings. The molecule has 0 spiro atoms. The van der Waals surface area contributed by atoms with E-state index >= 15 is 0 Å². The Bertz CT molecular complexity index is 587. The quantitative estimate of drug-likeness (QED) is 0.853. The van der Waals surface area contributed by atoms with E-state index in [1.54, 1.807) is 13.3 Å². The molecule has 2 heterocycles. The summed E-state index contributed by atoms with van der Waals surface area (Å²) in [6.07, 6.45) is 5.84. The standard InChI is InChI=1S/C14H13NO2S/c1-16-12-6-4-11(5-7-12)13-10-15-14(17-13)18-8-2-3-9-18/h2-10,18H,1H3. The molecular weight excluding hydrogens is 246 g/mol. The van der Waals surface area contributed by atoms with Gasteiger partial charge >= 0.3 is 0 Å². The zero-order chi connectivity index (χ0) is 12.4. The number of hydrogen-bond acceptors (Lipinski definition) is 3. The average molecular weight is 259 g/mol. The third kappa shape index (κ3) is 2.07. The highest BCUT2D eigenvalue weighted by Gasteiger charge is 2.11. The summed E-state index contributed by atoms with van der Waals surface area (Å²) < 4.78 is 10.9. The number of nitrogens with zero attached hydrogens (tertiary/aromatic N) is 1. The number of allylic oxidation sites excluding steroid dienone is 2. The van der Waals surface area contributed by atoms with Crippen LogP contribution in [-0.2, 0) is 0 Å². The van der Waals surface area contributed by atoms with Crippen LogP contribution in [0.2, 0.25) is 0 Å². The van der Waals surface area contributed by atoms with Gasteiger partial charge in [0, 0.05) is 5.56 Å². The lowest BCUT2D eigenvalue weighted by atomic mass is 10.2. The van der Waals surface area contributed by atoms with Crippen molar-refractivity contribution in [1.82, 2.24) is 4.98 Å². The number of hydrogen-bond donors (Lipinski definition) is 1. The Hall–Kier alpha value is -1.94. The largest absolute Gasteiger partial charge is 0.497 e. The maximum Gasteiger partial charge on any atom is 0.242 e. The van der Waals surface area contributed by atoms with E-state index in [0.29, 0.717) is 0 Å². The lowest BCUT2D eigenvalue weighted by Gasteiger charge is -2.03. The van der Waals surface area contributed by atoms with Gasteiger partial charge in [-0.1, -0.05) is 12.2 Å². The highest BCUT2D eigenvalue weighted by atomic mass is 32.2. The summed E-state index contributed by atoms with van der Waals surface area (Å²) in [5.41, 5.74) is 1.01. The summed E-state index contributed by atoms with van der Waals surface area (Å²) in [5, 5.41) is 5.04. The van der Waals surface area contributed by atoms with E-state index in [-0.39, 0.29) is 0 Å². The van der Waals surface area contributed by atoms with Crippen molar-refractivity contribution >= 4 is 10.9 Å². The van der Waals surface area contributed by atoms with E-state index < -0.39 is 10.9 Å². The van der Waals surface area contributed by atoms with Crippen molar-refractivity contribution in [3.8, 4) is 17.1 Å². The predicted molar refractivity (Wildman–Crippen MR) is 74.0 cm³/mol. The smallest absolute Gasteiger partial charge is 0.242 e. The van der Waals surface area contributed by atoms with E-state index in [2.05, 4.69) is 15.8 Å². The van der Waals surface area contributed by atoms with Crippen molar-refractivity contribution < 1.29 is 9.15 Å². The Morgan fingerprint density at radius 2 is 1.83 bits per heavy atom. The monoisotopic (exact) mass is 259 g/mol. The summed E-state index contributed by atoms with van der Waals surface area (Å²) in [7, 11) is 1.17. The van der Waals surface area contributed by atoms with Crippen molar-refractivity contribution in [2.75, 3.05) is 7.11 Å². The first-order valence-electron chi connectivity index (χ1n) is 5.60. The zero-order valence-electron chi connectivity index (χ0n) is 9.91. The molecule has 0 unspecified atom stereocenters. The van der Waals surface area contributed by atoms with Gasteiger partial charge in [-0.3, -0.25) is 0 Å². The Kier molecular flexibility index (Phi) is 2.94. The van der Waals surface area contributed by atoms with Crippen molar-refractivity contribution in [3.05, 3.63) is 53.4 Å². The first-order chi connectivity index (χ1) is 8.86. The molecule has 4 heteroatoms. The van der Waals surface area contributed by atoms with E-state index in [1.165, 1.54) is 0 Å². The highest BCUT2D eigenvalue weighted by Crippen LogP contribution is 2.42. The minimum atomic E-state index is -0.483. The number of methoxy groups -OCH3 is 1. The fourth-order valence-electron chi connectivity index (χ4n) is 1.74. The second kappa shape index (κ2) is 4.74. The maximum absolute atomic E-state index is 5.80. The van der Waals surface area contributed by atoms with Crippen LogP contribution < -0.4 is 4.74 Å². The first kappa shape index (κ1) is 11.2. The molecule has 3 rings (SSSR count). The van der Waals surface area contributed by atoms with Crippen molar-refractivity contribution in [2.24, 2.45) is 0 Å². The minimum Gasteiger partial charge on any atom is -0.497 e. The second-order valence-electron chi connectivity index (χ2n) is 3.83. The van der Waals surface area contributed by atoms with Gasteiger partial charge in [-0.2, -0.15) is 0 Å². The first-order valence-corrected chi connectivity index (χ1v) is 7.08. The number of oxazole rings is 1. The Balaban J connectivity index is 1.87. The van der Waals surface area contributed by atoms with E-state index in [9.17, 15) is 0 Å². The van der Waals surface area contributed by atoms with Gasteiger partial charge < -0.3 is 9.15 Å². The minimum absolute atomic E-state index is 0.483. The van der Waals surface area contributed by atoms with Crippen LogP contribution in [0.15, 0.2) is 63.1 Å². The molecule has 1 aromatic carbocycles. The van der Waals surface area contributed by atoms with Gasteiger partial charge in [0.2, 0.25) is 5.22 Å². The number of rotatable bonds is 3. The van der Waals surface area contributed by atoms with E-state index in [0.717, 1.165) is 22.3 Å². The van der Waals surface area contributed by atoms with Crippen molar-refractivity contribution in [3.63, 3.8) is 0 Å². The Morgan fingerprint density at radius 3 is 2.50 bits per heavy atom. The lowest BCUT2D eigenvalue weighted by Crippen LogP contribution is -1.81. The number of ether oxygens (including phenoxy) is 1. The zero-order valence-corrected chi connectivity index (χ0v) is 10.8. The average Bonchev–Trinajstić information content (AvgIpc) is 3.09. The molecule has 0 saturated carbocycles. The molecule has 3 nitrogen and oxygen atoms in total. The third-order valence-electron chi connectivity index (χ3n) is 2.69. The summed E-state index contributed by atoms with van der Waals surface area (Å²) in [5.74, 6) is 1.63. The summed E-state index contributed by atoms with van der Waals surface area (Å²) in [4.78, 5) is 4.35. The van der Waals surface area contributed by atoms with Gasteiger partial charge in [0.15, 0.2) is 5.76 Å². The molecule has 0 atom stereocenters. The topological polar surface area (TPSA) is 35.3 Å². The van der Waals surface area contributed by atoms with Gasteiger partial charge in [0.1, 0.15) is 5.75 Å². The van der Waals surface area contributed by atoms with Gasteiger partial charge in [0.25, 0.3) is 0 Å². The third-order valence-corrected chi connectivity index (χ3v) is 4.33. The molecule has 0 aliphatic carbocycles. The van der Waals surface area contributed by atoms with Crippen LogP contribution >= 0.6 is 10.9 Å². The van der Waals surface area contributed by atoms with E-state index in [1.807, 2.05) is 36.4 Å². The molecule has 92 valence electrons. The molecule has 0 amide bonds. The molecule has 0 saturated heterocycles. The number of aromatic nitrogens is 1. The highest BCUT2D eigenvalue weighted by molar-refractivity contribution is 8.22. The molecule has 2 aromatic rings. The molecule has 18 heavy (non-hydrogen) atoms. The maximum atomic E-state index is 5.80. The number of benzene rings is 1. The second-order valence-corrected chi connectivity index (χ2v) is 5.62. The van der Waals surface area contributed by atoms with E-state index in [4.69, 9.17) is 9.15 Å². The van der Waals surface area contributed by atoms with Gasteiger partial charge in [0.05, 0.1) is 13.3 Å². The van der Waals surface area contributed by atoms with Crippen LogP contribution in [0.3, 0.4) is 0 Å². The van der Waals surface area contributed by atoms with Crippen LogP contribution in [0.4, 0.5) is 0 Å². The molecule has 0 bridgehead atoms. The fraction of sp³-hybridized carbons (Fsp3) is 0.0714. The van der Waals surface area contributed by atoms with Gasteiger partial charge in [-0.25, -0.2) is 4.98 Å². The lowest BCUT2D eigenvalue weighted by molar-refractivity contribution is 0.414. The Labute approximate surface area is 108 Å².